The Kier molecular flexibility index (Phi) is 4.45. The quantitative estimate of drug-likeness (QED) is 0.879. The molecule has 0 saturated carbocycles. The van der Waals surface area contributed by atoms with E-state index in [1.165, 1.54) is 6.26 Å². The Bertz CT molecular complexity index is 690. The van der Waals surface area contributed by atoms with Crippen molar-refractivity contribution in [2.45, 2.75) is 33.0 Å². The van der Waals surface area contributed by atoms with E-state index in [2.05, 4.69) is 24.1 Å². The largest absolute Gasteiger partial charge is 0.331 e. The molecule has 6 heteroatoms. The number of aromatic nitrogens is 2. The van der Waals surface area contributed by atoms with Gasteiger partial charge < -0.3 is 9.88 Å². The molecule has 0 aromatic carbocycles. The molecule has 0 bridgehead atoms. The fraction of sp³-hybridized carbons (Fsp3) is 0.500. The van der Waals surface area contributed by atoms with Crippen molar-refractivity contribution < 1.29 is 8.42 Å². The van der Waals surface area contributed by atoms with Gasteiger partial charge in [0.15, 0.2) is 0 Å². The van der Waals surface area contributed by atoms with Crippen LogP contribution in [0.15, 0.2) is 24.5 Å². The molecule has 0 atom stereocenters. The van der Waals surface area contributed by atoms with Crippen molar-refractivity contribution in [1.29, 1.82) is 0 Å². The maximum absolute atomic E-state index is 11.3. The van der Waals surface area contributed by atoms with E-state index < -0.39 is 9.84 Å². The summed E-state index contributed by atoms with van der Waals surface area (Å²) in [6, 6.07) is 4.33. The van der Waals surface area contributed by atoms with Crippen LogP contribution in [-0.2, 0) is 22.9 Å². The third kappa shape index (κ3) is 3.80. The Morgan fingerprint density at radius 1 is 1.40 bits per heavy atom. The molecule has 0 saturated heterocycles. The van der Waals surface area contributed by atoms with Gasteiger partial charge in [-0.05, 0) is 17.7 Å². The summed E-state index contributed by atoms with van der Waals surface area (Å²) in [5, 5.41) is 4.46. The molecule has 0 amide bonds. The van der Waals surface area contributed by atoms with E-state index in [0.29, 0.717) is 12.6 Å². The minimum Gasteiger partial charge on any atom is -0.331 e. The van der Waals surface area contributed by atoms with Crippen LogP contribution in [0.25, 0.3) is 11.0 Å². The highest BCUT2D eigenvalue weighted by molar-refractivity contribution is 7.90. The Hall–Kier alpha value is -1.40. The van der Waals surface area contributed by atoms with Gasteiger partial charge in [0, 0.05) is 43.2 Å². The van der Waals surface area contributed by atoms with Crippen molar-refractivity contribution in [3.63, 3.8) is 0 Å². The molecule has 0 fully saturated rings. The first-order valence-electron chi connectivity index (χ1n) is 6.70. The summed E-state index contributed by atoms with van der Waals surface area (Å²) >= 11 is 0. The minimum atomic E-state index is -2.97. The second kappa shape index (κ2) is 5.93. The Labute approximate surface area is 119 Å². The number of nitrogens with zero attached hydrogens (tertiary/aromatic N) is 2. The number of aryl methyl sites for hydroxylation is 1. The fourth-order valence-electron chi connectivity index (χ4n) is 2.08. The van der Waals surface area contributed by atoms with Crippen molar-refractivity contribution in [2.24, 2.45) is 0 Å². The smallest absolute Gasteiger partial charge is 0.149 e. The van der Waals surface area contributed by atoms with Gasteiger partial charge in [-0.1, -0.05) is 13.8 Å². The van der Waals surface area contributed by atoms with Gasteiger partial charge in [-0.3, -0.25) is 0 Å². The van der Waals surface area contributed by atoms with E-state index in [4.69, 9.17) is 0 Å². The van der Waals surface area contributed by atoms with E-state index in [9.17, 15) is 8.42 Å². The topological polar surface area (TPSA) is 64.0 Å². The molecule has 110 valence electrons. The molecular weight excluding hydrogens is 274 g/mol. The first-order chi connectivity index (χ1) is 9.37. The maximum Gasteiger partial charge on any atom is 0.149 e. The van der Waals surface area contributed by atoms with Gasteiger partial charge in [0.25, 0.3) is 0 Å². The lowest BCUT2D eigenvalue weighted by Crippen LogP contribution is -2.21. The first kappa shape index (κ1) is 15.0. The zero-order valence-electron chi connectivity index (χ0n) is 12.1. The van der Waals surface area contributed by atoms with Gasteiger partial charge in [0.1, 0.15) is 15.5 Å². The molecule has 5 nitrogen and oxygen atoms in total. The number of nitrogens with one attached hydrogen (secondary N) is 1. The molecule has 0 unspecified atom stereocenters. The van der Waals surface area contributed by atoms with Gasteiger partial charge in [-0.2, -0.15) is 0 Å². The van der Waals surface area contributed by atoms with Gasteiger partial charge in [-0.15, -0.1) is 0 Å². The predicted molar refractivity (Wildman–Crippen MR) is 81.4 cm³/mol. The molecule has 0 radical (unpaired) electrons. The maximum atomic E-state index is 11.3. The second-order valence-electron chi connectivity index (χ2n) is 5.39. The van der Waals surface area contributed by atoms with Gasteiger partial charge in [0.05, 0.1) is 5.75 Å². The Morgan fingerprint density at radius 2 is 2.15 bits per heavy atom. The highest BCUT2D eigenvalue weighted by atomic mass is 32.2. The Balaban J connectivity index is 2.30. The van der Waals surface area contributed by atoms with Crippen LogP contribution in [0.2, 0.25) is 0 Å². The molecule has 0 aliphatic rings. The van der Waals surface area contributed by atoms with E-state index in [1.54, 1.807) is 6.20 Å². The SMILES string of the molecule is CC(C)NCc1cn(CCS(C)(=O)=O)c2ncccc12. The van der Waals surface area contributed by atoms with Crippen LogP contribution in [0.1, 0.15) is 19.4 Å². The predicted octanol–water partition coefficient (Wildman–Crippen LogP) is 1.58. The van der Waals surface area contributed by atoms with Crippen LogP contribution in [0, 0.1) is 0 Å². The summed E-state index contributed by atoms with van der Waals surface area (Å²) in [5.74, 6) is 0.129. The number of fused-ring (bicyclic) bond motifs is 1. The lowest BCUT2D eigenvalue weighted by molar-refractivity contribution is 0.588. The normalized spacial score (nSPS) is 12.4. The van der Waals surface area contributed by atoms with Crippen molar-refractivity contribution >= 4 is 20.9 Å². The van der Waals surface area contributed by atoms with E-state index in [-0.39, 0.29) is 5.75 Å². The van der Waals surface area contributed by atoms with Crippen LogP contribution in [-0.4, -0.2) is 36.0 Å². The number of hydrogen-bond acceptors (Lipinski definition) is 4. The molecule has 0 aliphatic carbocycles. The summed E-state index contributed by atoms with van der Waals surface area (Å²) in [5.41, 5.74) is 1.99. The third-order valence-corrected chi connectivity index (χ3v) is 4.04. The molecule has 0 spiro atoms. The van der Waals surface area contributed by atoms with Gasteiger partial charge in [0.2, 0.25) is 0 Å². The lowest BCUT2D eigenvalue weighted by atomic mass is 10.2. The van der Waals surface area contributed by atoms with E-state index >= 15 is 0 Å². The summed E-state index contributed by atoms with van der Waals surface area (Å²) in [6.07, 6.45) is 4.99. The zero-order valence-corrected chi connectivity index (χ0v) is 12.9. The monoisotopic (exact) mass is 295 g/mol. The Morgan fingerprint density at radius 3 is 2.80 bits per heavy atom. The number of pyridine rings is 1. The lowest BCUT2D eigenvalue weighted by Gasteiger charge is -2.06. The average Bonchev–Trinajstić information content (AvgIpc) is 2.71. The number of hydrogen-bond donors (Lipinski definition) is 1. The van der Waals surface area contributed by atoms with Gasteiger partial charge >= 0.3 is 0 Å². The summed E-state index contributed by atoms with van der Waals surface area (Å²) in [4.78, 5) is 4.37. The summed E-state index contributed by atoms with van der Waals surface area (Å²) in [7, 11) is -2.97. The molecule has 2 rings (SSSR count). The van der Waals surface area contributed by atoms with E-state index in [0.717, 1.165) is 23.1 Å². The molecule has 2 aromatic rings. The van der Waals surface area contributed by atoms with Crippen LogP contribution >= 0.6 is 0 Å². The molecule has 0 aliphatic heterocycles. The van der Waals surface area contributed by atoms with Crippen molar-refractivity contribution in [1.82, 2.24) is 14.9 Å². The molecule has 1 N–H and O–H groups in total. The zero-order chi connectivity index (χ0) is 14.8. The van der Waals surface area contributed by atoms with Crippen LogP contribution < -0.4 is 5.32 Å². The number of rotatable bonds is 6. The highest BCUT2D eigenvalue weighted by Gasteiger charge is 2.11. The second-order valence-corrected chi connectivity index (χ2v) is 7.65. The van der Waals surface area contributed by atoms with Crippen molar-refractivity contribution in [3.05, 3.63) is 30.1 Å². The molecule has 2 heterocycles. The summed E-state index contributed by atoms with van der Waals surface area (Å²) in [6.45, 7) is 5.39. The average molecular weight is 295 g/mol. The third-order valence-electron chi connectivity index (χ3n) is 3.12. The van der Waals surface area contributed by atoms with Crippen LogP contribution in [0.5, 0.6) is 0 Å². The standard InChI is InChI=1S/C14H21N3O2S/c1-11(2)16-9-12-10-17(7-8-20(3,18)19)14-13(12)5-4-6-15-14/h4-6,10-11,16H,7-9H2,1-3H3. The highest BCUT2D eigenvalue weighted by Crippen LogP contribution is 2.19. The van der Waals surface area contributed by atoms with Crippen molar-refractivity contribution in [3.8, 4) is 0 Å². The van der Waals surface area contributed by atoms with E-state index in [1.807, 2.05) is 22.9 Å². The molecule has 20 heavy (non-hydrogen) atoms. The fourth-order valence-corrected chi connectivity index (χ4v) is 2.61. The summed E-state index contributed by atoms with van der Waals surface area (Å²) < 4.78 is 24.6. The van der Waals surface area contributed by atoms with Crippen molar-refractivity contribution in [2.75, 3.05) is 12.0 Å². The minimum absolute atomic E-state index is 0.129. The molecule has 2 aromatic heterocycles. The van der Waals surface area contributed by atoms with Crippen LogP contribution in [0.3, 0.4) is 0 Å². The molecular formula is C14H21N3O2S. The van der Waals surface area contributed by atoms with Gasteiger partial charge in [-0.25, -0.2) is 13.4 Å². The number of sulfone groups is 1. The van der Waals surface area contributed by atoms with Crippen LogP contribution in [0.4, 0.5) is 0 Å². The first-order valence-corrected chi connectivity index (χ1v) is 8.77.